The smallest absolute Gasteiger partial charge is 0.274 e. The Morgan fingerprint density at radius 2 is 2.16 bits per heavy atom. The number of benzene rings is 1. The summed E-state index contributed by atoms with van der Waals surface area (Å²) in [6.45, 7) is 0.713. The highest BCUT2D eigenvalue weighted by Gasteiger charge is 2.48. The first-order valence-electron chi connectivity index (χ1n) is 8.39. The number of aromatic nitrogens is 2. The van der Waals surface area contributed by atoms with E-state index in [1.807, 2.05) is 30.3 Å². The number of nitrogens with one attached hydrogen (secondary N) is 1. The van der Waals surface area contributed by atoms with Crippen LogP contribution in [0.2, 0.25) is 0 Å². The minimum absolute atomic E-state index is 0.170. The van der Waals surface area contributed by atoms with Crippen molar-refractivity contribution in [2.75, 3.05) is 11.4 Å². The van der Waals surface area contributed by atoms with Gasteiger partial charge >= 0.3 is 0 Å². The van der Waals surface area contributed by atoms with Crippen molar-refractivity contribution in [1.29, 1.82) is 0 Å². The van der Waals surface area contributed by atoms with Crippen LogP contribution in [0.25, 0.3) is 0 Å². The number of carbonyl (C=O) groups is 2. The zero-order valence-corrected chi connectivity index (χ0v) is 14.0. The predicted molar refractivity (Wildman–Crippen MR) is 90.3 cm³/mol. The number of aryl methyl sites for hydroxylation is 2. The Morgan fingerprint density at radius 1 is 1.32 bits per heavy atom. The van der Waals surface area contributed by atoms with Crippen molar-refractivity contribution in [2.45, 2.75) is 25.7 Å². The number of amides is 2. The number of hydrogen-bond donors (Lipinski definition) is 2. The fraction of sp³-hybridized carbons (Fsp3) is 0.389. The molecule has 1 saturated heterocycles. The Bertz CT molecular complexity index is 860. The summed E-state index contributed by atoms with van der Waals surface area (Å²) in [7, 11) is 1.84. The summed E-state index contributed by atoms with van der Waals surface area (Å²) in [5.41, 5.74) is 4.79. The minimum Gasteiger partial charge on any atom is -0.309 e. The minimum atomic E-state index is -0.511. The SMILES string of the molecule is Cn1cc(N2CC[C@]3(CCc4cc(C(=O)NO)ccc4C3)C2=O)cn1. The highest BCUT2D eigenvalue weighted by Crippen LogP contribution is 2.45. The molecule has 0 unspecified atom stereocenters. The van der Waals surface area contributed by atoms with E-state index in [1.165, 1.54) is 0 Å². The van der Waals surface area contributed by atoms with E-state index >= 15 is 0 Å². The van der Waals surface area contributed by atoms with Gasteiger partial charge in [-0.05, 0) is 48.9 Å². The van der Waals surface area contributed by atoms with Crippen LogP contribution < -0.4 is 10.4 Å². The number of carbonyl (C=O) groups excluding carboxylic acids is 2. The first kappa shape index (κ1) is 15.8. The lowest BCUT2D eigenvalue weighted by Crippen LogP contribution is -2.38. The lowest BCUT2D eigenvalue weighted by molar-refractivity contribution is -0.126. The molecule has 2 amide bonds. The molecule has 7 nitrogen and oxygen atoms in total. The molecule has 2 N–H and O–H groups in total. The van der Waals surface area contributed by atoms with Gasteiger partial charge in [0.2, 0.25) is 5.91 Å². The van der Waals surface area contributed by atoms with Gasteiger partial charge in [-0.1, -0.05) is 6.07 Å². The molecule has 1 aromatic heterocycles. The van der Waals surface area contributed by atoms with Gasteiger partial charge in [0.15, 0.2) is 0 Å². The van der Waals surface area contributed by atoms with Crippen molar-refractivity contribution >= 4 is 17.5 Å². The molecule has 1 fully saturated rings. The number of nitrogens with zero attached hydrogens (tertiary/aromatic N) is 3. The Balaban J connectivity index is 1.59. The van der Waals surface area contributed by atoms with Gasteiger partial charge < -0.3 is 4.90 Å². The van der Waals surface area contributed by atoms with Gasteiger partial charge in [-0.2, -0.15) is 5.10 Å². The van der Waals surface area contributed by atoms with Crippen molar-refractivity contribution in [3.63, 3.8) is 0 Å². The van der Waals surface area contributed by atoms with Gasteiger partial charge in [0.05, 0.1) is 17.3 Å². The van der Waals surface area contributed by atoms with Crippen LogP contribution in [0.15, 0.2) is 30.6 Å². The molecule has 1 spiro atoms. The van der Waals surface area contributed by atoms with Crippen LogP contribution in [0.4, 0.5) is 5.69 Å². The summed E-state index contributed by atoms with van der Waals surface area (Å²) in [5.74, 6) is -0.342. The first-order valence-corrected chi connectivity index (χ1v) is 8.39. The number of fused-ring (bicyclic) bond motifs is 1. The van der Waals surface area contributed by atoms with Crippen molar-refractivity contribution in [1.82, 2.24) is 15.3 Å². The Labute approximate surface area is 145 Å². The molecule has 130 valence electrons. The van der Waals surface area contributed by atoms with Crippen molar-refractivity contribution in [2.24, 2.45) is 12.5 Å². The van der Waals surface area contributed by atoms with Gasteiger partial charge in [-0.15, -0.1) is 0 Å². The Hall–Kier alpha value is -2.67. The van der Waals surface area contributed by atoms with E-state index in [0.717, 1.165) is 36.1 Å². The van der Waals surface area contributed by atoms with Gasteiger partial charge in [-0.25, -0.2) is 5.48 Å². The quantitative estimate of drug-likeness (QED) is 0.640. The number of hydroxylamine groups is 1. The molecule has 2 aromatic rings. The van der Waals surface area contributed by atoms with E-state index < -0.39 is 5.91 Å². The molecule has 0 radical (unpaired) electrons. The highest BCUT2D eigenvalue weighted by molar-refractivity contribution is 6.00. The van der Waals surface area contributed by atoms with Crippen LogP contribution >= 0.6 is 0 Å². The average molecular weight is 340 g/mol. The maximum absolute atomic E-state index is 13.1. The summed E-state index contributed by atoms with van der Waals surface area (Å²) >= 11 is 0. The molecule has 2 heterocycles. The maximum Gasteiger partial charge on any atom is 0.274 e. The zero-order valence-electron chi connectivity index (χ0n) is 14.0. The normalized spacial score (nSPS) is 22.3. The van der Waals surface area contributed by atoms with Crippen molar-refractivity contribution in [3.05, 3.63) is 47.3 Å². The number of anilines is 1. The molecule has 1 aromatic carbocycles. The molecule has 1 aliphatic carbocycles. The monoisotopic (exact) mass is 340 g/mol. The molecular formula is C18H20N4O3. The molecular weight excluding hydrogens is 320 g/mol. The lowest BCUT2D eigenvalue weighted by atomic mass is 9.70. The van der Waals surface area contributed by atoms with Gasteiger partial charge in [0, 0.05) is 25.4 Å². The third kappa shape index (κ3) is 2.51. The molecule has 0 bridgehead atoms. The van der Waals surface area contributed by atoms with Crippen LogP contribution in [0.3, 0.4) is 0 Å². The van der Waals surface area contributed by atoms with Crippen LogP contribution in [0, 0.1) is 5.41 Å². The molecule has 25 heavy (non-hydrogen) atoms. The molecule has 2 aliphatic rings. The van der Waals surface area contributed by atoms with Gasteiger partial charge in [-0.3, -0.25) is 19.5 Å². The van der Waals surface area contributed by atoms with E-state index in [2.05, 4.69) is 5.10 Å². The topological polar surface area (TPSA) is 87.5 Å². The van der Waals surface area contributed by atoms with Gasteiger partial charge in [0.1, 0.15) is 0 Å². The molecule has 4 rings (SSSR count). The Morgan fingerprint density at radius 3 is 2.88 bits per heavy atom. The zero-order chi connectivity index (χ0) is 17.6. The van der Waals surface area contributed by atoms with Crippen LogP contribution in [0.5, 0.6) is 0 Å². The molecule has 1 atom stereocenters. The highest BCUT2D eigenvalue weighted by atomic mass is 16.5. The molecule has 0 saturated carbocycles. The first-order chi connectivity index (χ1) is 12.0. The van der Waals surface area contributed by atoms with E-state index in [-0.39, 0.29) is 11.3 Å². The summed E-state index contributed by atoms with van der Waals surface area (Å²) in [6, 6.07) is 5.41. The van der Waals surface area contributed by atoms with Crippen LogP contribution in [-0.4, -0.2) is 33.3 Å². The second-order valence-corrected chi connectivity index (χ2v) is 6.96. The second kappa shape index (κ2) is 5.70. The van der Waals surface area contributed by atoms with Crippen LogP contribution in [-0.2, 0) is 24.7 Å². The van der Waals surface area contributed by atoms with E-state index in [0.29, 0.717) is 18.5 Å². The third-order valence-corrected chi connectivity index (χ3v) is 5.49. The molecule has 1 aliphatic heterocycles. The summed E-state index contributed by atoms with van der Waals surface area (Å²) in [6.07, 6.45) is 6.66. The fourth-order valence-corrected chi connectivity index (χ4v) is 4.07. The van der Waals surface area contributed by atoms with Crippen molar-refractivity contribution < 1.29 is 14.8 Å². The summed E-state index contributed by atoms with van der Waals surface area (Å²) in [4.78, 5) is 26.5. The third-order valence-electron chi connectivity index (χ3n) is 5.49. The van der Waals surface area contributed by atoms with E-state index in [1.54, 1.807) is 22.4 Å². The van der Waals surface area contributed by atoms with Gasteiger partial charge in [0.25, 0.3) is 5.91 Å². The standard InChI is InChI=1S/C18H20N4O3/c1-21-11-15(10-19-21)22-7-6-18(17(22)24)5-4-12-8-13(16(23)20-25)2-3-14(12)9-18/h2-3,8,10-11,25H,4-7,9H2,1H3,(H,20,23)/t18-/m0/s1. The predicted octanol–water partition coefficient (Wildman–Crippen LogP) is 1.45. The lowest BCUT2D eigenvalue weighted by Gasteiger charge is -2.33. The van der Waals surface area contributed by atoms with E-state index in [4.69, 9.17) is 5.21 Å². The average Bonchev–Trinajstić information content (AvgIpc) is 3.18. The Kier molecular flexibility index (Phi) is 3.61. The van der Waals surface area contributed by atoms with Crippen LogP contribution in [0.1, 0.15) is 34.3 Å². The maximum atomic E-state index is 13.1. The number of hydrogen-bond acceptors (Lipinski definition) is 4. The fourth-order valence-electron chi connectivity index (χ4n) is 4.07. The van der Waals surface area contributed by atoms with Crippen molar-refractivity contribution in [3.8, 4) is 0 Å². The summed E-state index contributed by atoms with van der Waals surface area (Å²) < 4.78 is 1.71. The summed E-state index contributed by atoms with van der Waals surface area (Å²) in [5, 5.41) is 12.9. The number of rotatable bonds is 2. The largest absolute Gasteiger partial charge is 0.309 e. The van der Waals surface area contributed by atoms with E-state index in [9.17, 15) is 9.59 Å². The second-order valence-electron chi connectivity index (χ2n) is 6.96. The molecule has 7 heteroatoms.